The standard InChI is InChI=1S/C14H24N4/c1-10(2)13(8-18(3)4)17-14-11-6-5-7-12(11)15-9-16-14/h9-10,13H,5-8H2,1-4H3,(H,15,16,17). The zero-order valence-corrected chi connectivity index (χ0v) is 11.9. The van der Waals surface area contributed by atoms with Gasteiger partial charge in [-0.15, -0.1) is 0 Å². The van der Waals surface area contributed by atoms with Crippen molar-refractivity contribution in [3.05, 3.63) is 17.6 Å². The highest BCUT2D eigenvalue weighted by Crippen LogP contribution is 2.26. The van der Waals surface area contributed by atoms with Crippen LogP contribution >= 0.6 is 0 Å². The summed E-state index contributed by atoms with van der Waals surface area (Å²) >= 11 is 0. The molecule has 1 heterocycles. The molecule has 0 radical (unpaired) electrons. The van der Waals surface area contributed by atoms with E-state index in [0.29, 0.717) is 12.0 Å². The molecule has 0 saturated heterocycles. The molecule has 1 atom stereocenters. The van der Waals surface area contributed by atoms with E-state index in [1.54, 1.807) is 6.33 Å². The fourth-order valence-electron chi connectivity index (χ4n) is 2.48. The molecule has 0 fully saturated rings. The predicted molar refractivity (Wildman–Crippen MR) is 74.9 cm³/mol. The first-order chi connectivity index (χ1) is 8.58. The maximum atomic E-state index is 4.44. The van der Waals surface area contributed by atoms with Crippen molar-refractivity contribution in [2.45, 2.75) is 39.2 Å². The second-order valence-electron chi connectivity index (χ2n) is 5.76. The van der Waals surface area contributed by atoms with Crippen molar-refractivity contribution in [2.24, 2.45) is 5.92 Å². The molecule has 0 aliphatic heterocycles. The summed E-state index contributed by atoms with van der Waals surface area (Å²) in [7, 11) is 4.23. The number of hydrogen-bond donors (Lipinski definition) is 1. The highest BCUT2D eigenvalue weighted by molar-refractivity contribution is 5.48. The maximum absolute atomic E-state index is 4.44. The van der Waals surface area contributed by atoms with Crippen molar-refractivity contribution in [1.82, 2.24) is 14.9 Å². The largest absolute Gasteiger partial charge is 0.365 e. The van der Waals surface area contributed by atoms with Gasteiger partial charge < -0.3 is 10.2 Å². The minimum atomic E-state index is 0.430. The van der Waals surface area contributed by atoms with Crippen LogP contribution in [0.25, 0.3) is 0 Å². The minimum Gasteiger partial charge on any atom is -0.365 e. The Bertz CT molecular complexity index is 401. The van der Waals surface area contributed by atoms with Gasteiger partial charge in [-0.2, -0.15) is 0 Å². The molecule has 1 aliphatic rings. The van der Waals surface area contributed by atoms with E-state index in [2.05, 4.69) is 48.1 Å². The molecular weight excluding hydrogens is 224 g/mol. The van der Waals surface area contributed by atoms with Gasteiger partial charge in [0.25, 0.3) is 0 Å². The van der Waals surface area contributed by atoms with Crippen LogP contribution in [0.2, 0.25) is 0 Å². The Morgan fingerprint density at radius 2 is 2.06 bits per heavy atom. The van der Waals surface area contributed by atoms with E-state index in [-0.39, 0.29) is 0 Å². The van der Waals surface area contributed by atoms with E-state index in [4.69, 9.17) is 0 Å². The van der Waals surface area contributed by atoms with Crippen molar-refractivity contribution in [2.75, 3.05) is 26.0 Å². The Morgan fingerprint density at radius 1 is 1.28 bits per heavy atom. The fraction of sp³-hybridized carbons (Fsp3) is 0.714. The van der Waals surface area contributed by atoms with Crippen LogP contribution in [0, 0.1) is 5.92 Å². The van der Waals surface area contributed by atoms with Gasteiger partial charge in [0.15, 0.2) is 0 Å². The molecule has 1 aliphatic carbocycles. The Morgan fingerprint density at radius 3 is 2.72 bits per heavy atom. The van der Waals surface area contributed by atoms with Crippen LogP contribution in [0.4, 0.5) is 5.82 Å². The molecule has 0 spiro atoms. The third-order valence-electron chi connectivity index (χ3n) is 3.56. The Kier molecular flexibility index (Phi) is 4.17. The van der Waals surface area contributed by atoms with Crippen molar-refractivity contribution in [3.8, 4) is 0 Å². The van der Waals surface area contributed by atoms with E-state index in [9.17, 15) is 0 Å². The lowest BCUT2D eigenvalue weighted by Crippen LogP contribution is -2.37. The molecular formula is C14H24N4. The first-order valence-corrected chi connectivity index (χ1v) is 6.82. The van der Waals surface area contributed by atoms with Crippen molar-refractivity contribution in [1.29, 1.82) is 0 Å². The van der Waals surface area contributed by atoms with Crippen LogP contribution in [0.15, 0.2) is 6.33 Å². The molecule has 1 unspecified atom stereocenters. The normalized spacial score (nSPS) is 16.1. The van der Waals surface area contributed by atoms with Gasteiger partial charge in [0, 0.05) is 23.8 Å². The molecule has 0 amide bonds. The molecule has 1 aromatic rings. The summed E-state index contributed by atoms with van der Waals surface area (Å²) in [6.07, 6.45) is 5.13. The molecule has 100 valence electrons. The van der Waals surface area contributed by atoms with Gasteiger partial charge in [0.05, 0.1) is 0 Å². The number of nitrogens with one attached hydrogen (secondary N) is 1. The monoisotopic (exact) mass is 248 g/mol. The van der Waals surface area contributed by atoms with Crippen LogP contribution in [0.1, 0.15) is 31.5 Å². The molecule has 1 aromatic heterocycles. The number of rotatable bonds is 5. The van der Waals surface area contributed by atoms with Gasteiger partial charge in [0.2, 0.25) is 0 Å². The highest BCUT2D eigenvalue weighted by Gasteiger charge is 2.20. The number of aryl methyl sites for hydroxylation is 1. The molecule has 4 heteroatoms. The molecule has 0 bridgehead atoms. The third kappa shape index (κ3) is 2.99. The Hall–Kier alpha value is -1.16. The molecule has 1 N–H and O–H groups in total. The second kappa shape index (κ2) is 5.65. The van der Waals surface area contributed by atoms with Crippen LogP contribution in [-0.2, 0) is 12.8 Å². The van der Waals surface area contributed by atoms with Crippen molar-refractivity contribution in [3.63, 3.8) is 0 Å². The van der Waals surface area contributed by atoms with Crippen LogP contribution < -0.4 is 5.32 Å². The zero-order valence-electron chi connectivity index (χ0n) is 11.9. The number of aromatic nitrogens is 2. The summed E-state index contributed by atoms with van der Waals surface area (Å²) in [4.78, 5) is 11.0. The Balaban J connectivity index is 2.14. The number of likely N-dealkylation sites (N-methyl/N-ethyl adjacent to an activating group) is 1. The highest BCUT2D eigenvalue weighted by atomic mass is 15.1. The number of nitrogens with zero attached hydrogens (tertiary/aromatic N) is 3. The van der Waals surface area contributed by atoms with E-state index < -0.39 is 0 Å². The zero-order chi connectivity index (χ0) is 13.1. The fourth-order valence-corrected chi connectivity index (χ4v) is 2.48. The molecule has 18 heavy (non-hydrogen) atoms. The topological polar surface area (TPSA) is 41.0 Å². The SMILES string of the molecule is CC(C)C(CN(C)C)Nc1ncnc2c1CCC2. The lowest BCUT2D eigenvalue weighted by Gasteiger charge is -2.26. The van der Waals surface area contributed by atoms with Gasteiger partial charge in [-0.3, -0.25) is 0 Å². The molecule has 2 rings (SSSR count). The average Bonchev–Trinajstić information content (AvgIpc) is 2.76. The van der Waals surface area contributed by atoms with E-state index in [1.807, 2.05) is 0 Å². The first kappa shape index (κ1) is 13.3. The summed E-state index contributed by atoms with van der Waals surface area (Å²) in [5, 5.41) is 3.62. The van der Waals surface area contributed by atoms with Gasteiger partial charge >= 0.3 is 0 Å². The van der Waals surface area contributed by atoms with Gasteiger partial charge in [-0.05, 0) is 39.3 Å². The summed E-state index contributed by atoms with van der Waals surface area (Å²) in [5.74, 6) is 1.64. The summed E-state index contributed by atoms with van der Waals surface area (Å²) in [5.41, 5.74) is 2.57. The quantitative estimate of drug-likeness (QED) is 0.865. The smallest absolute Gasteiger partial charge is 0.133 e. The maximum Gasteiger partial charge on any atom is 0.133 e. The summed E-state index contributed by atoms with van der Waals surface area (Å²) in [6, 6.07) is 0.430. The summed E-state index contributed by atoms with van der Waals surface area (Å²) in [6.45, 7) is 5.53. The van der Waals surface area contributed by atoms with E-state index in [1.165, 1.54) is 17.7 Å². The van der Waals surface area contributed by atoms with Gasteiger partial charge in [0.1, 0.15) is 12.1 Å². The van der Waals surface area contributed by atoms with Crippen molar-refractivity contribution < 1.29 is 0 Å². The second-order valence-corrected chi connectivity index (χ2v) is 5.76. The van der Waals surface area contributed by atoms with Gasteiger partial charge in [-0.1, -0.05) is 13.8 Å². The average molecular weight is 248 g/mol. The summed E-state index contributed by atoms with van der Waals surface area (Å²) < 4.78 is 0. The lowest BCUT2D eigenvalue weighted by molar-refractivity contribution is 0.344. The van der Waals surface area contributed by atoms with E-state index >= 15 is 0 Å². The molecule has 0 aromatic carbocycles. The number of anilines is 1. The van der Waals surface area contributed by atoms with E-state index in [0.717, 1.165) is 25.2 Å². The van der Waals surface area contributed by atoms with Crippen LogP contribution in [-0.4, -0.2) is 41.5 Å². The Labute approximate surface area is 110 Å². The predicted octanol–water partition coefficient (Wildman–Crippen LogP) is 1.96. The number of fused-ring (bicyclic) bond motifs is 1. The van der Waals surface area contributed by atoms with Crippen molar-refractivity contribution >= 4 is 5.82 Å². The molecule has 0 saturated carbocycles. The van der Waals surface area contributed by atoms with Crippen LogP contribution in [0.3, 0.4) is 0 Å². The van der Waals surface area contributed by atoms with Crippen LogP contribution in [0.5, 0.6) is 0 Å². The number of hydrogen-bond acceptors (Lipinski definition) is 4. The minimum absolute atomic E-state index is 0.430. The first-order valence-electron chi connectivity index (χ1n) is 6.82. The third-order valence-corrected chi connectivity index (χ3v) is 3.56. The molecule has 4 nitrogen and oxygen atoms in total. The lowest BCUT2D eigenvalue weighted by atomic mass is 10.0. The van der Waals surface area contributed by atoms with Gasteiger partial charge in [-0.25, -0.2) is 9.97 Å².